The Labute approximate surface area is 145 Å². The van der Waals surface area contributed by atoms with E-state index in [1.807, 2.05) is 23.6 Å². The number of benzene rings is 1. The van der Waals surface area contributed by atoms with Gasteiger partial charge in [-0.15, -0.1) is 0 Å². The predicted octanol–water partition coefficient (Wildman–Crippen LogP) is 3.58. The smallest absolute Gasteiger partial charge is 0.319 e. The number of nitrogens with one attached hydrogen (secondary N) is 2. The van der Waals surface area contributed by atoms with Crippen LogP contribution in [0.25, 0.3) is 0 Å². The van der Waals surface area contributed by atoms with Crippen LogP contribution in [-0.2, 0) is 11.2 Å². The average Bonchev–Trinajstić information content (AvgIpc) is 3.11. The van der Waals surface area contributed by atoms with Crippen LogP contribution >= 0.6 is 11.3 Å². The maximum atomic E-state index is 12.1. The standard InChI is InChI=1S/C18H21N3O2S/c1-12(14-7-8-24-11-14)10-19-18(23)20-15-4-5-16-13(9-15)3-6-17(22)21(16)2/h4-5,7-9,11-12H,3,6,10H2,1-2H3,(H2,19,20,23)/t12-/m0/s1. The van der Waals surface area contributed by atoms with E-state index in [2.05, 4.69) is 29.0 Å². The van der Waals surface area contributed by atoms with Crippen molar-refractivity contribution < 1.29 is 9.59 Å². The third-order valence-corrected chi connectivity index (χ3v) is 5.06. The molecule has 24 heavy (non-hydrogen) atoms. The fourth-order valence-electron chi connectivity index (χ4n) is 2.83. The largest absolute Gasteiger partial charge is 0.337 e. The van der Waals surface area contributed by atoms with Gasteiger partial charge in [-0.25, -0.2) is 4.79 Å². The van der Waals surface area contributed by atoms with Crippen molar-refractivity contribution in [2.24, 2.45) is 0 Å². The molecular formula is C18H21N3O2S. The number of fused-ring (bicyclic) bond motifs is 1. The number of aryl methyl sites for hydroxylation is 1. The molecule has 0 radical (unpaired) electrons. The molecule has 2 heterocycles. The van der Waals surface area contributed by atoms with Gasteiger partial charge in [0.05, 0.1) is 0 Å². The number of carbonyl (C=O) groups excluding carboxylic acids is 2. The van der Waals surface area contributed by atoms with Crippen LogP contribution in [0.2, 0.25) is 0 Å². The van der Waals surface area contributed by atoms with E-state index < -0.39 is 0 Å². The fraction of sp³-hybridized carbons (Fsp3) is 0.333. The number of thiophene rings is 1. The van der Waals surface area contributed by atoms with Gasteiger partial charge in [0, 0.05) is 31.4 Å². The topological polar surface area (TPSA) is 61.4 Å². The molecule has 0 unspecified atom stereocenters. The van der Waals surface area contributed by atoms with E-state index in [9.17, 15) is 9.59 Å². The van der Waals surface area contributed by atoms with Gasteiger partial charge in [0.25, 0.3) is 0 Å². The molecule has 6 heteroatoms. The fourth-order valence-corrected chi connectivity index (χ4v) is 3.61. The summed E-state index contributed by atoms with van der Waals surface area (Å²) in [5.41, 5.74) is 3.99. The van der Waals surface area contributed by atoms with Gasteiger partial charge in [0.1, 0.15) is 0 Å². The molecule has 2 N–H and O–H groups in total. The molecule has 0 aliphatic carbocycles. The summed E-state index contributed by atoms with van der Waals surface area (Å²) in [6.45, 7) is 2.68. The van der Waals surface area contributed by atoms with E-state index in [1.54, 1.807) is 23.3 Å². The summed E-state index contributed by atoms with van der Waals surface area (Å²) in [6.07, 6.45) is 1.22. The summed E-state index contributed by atoms with van der Waals surface area (Å²) >= 11 is 1.66. The van der Waals surface area contributed by atoms with Crippen molar-refractivity contribution in [1.82, 2.24) is 5.32 Å². The van der Waals surface area contributed by atoms with E-state index in [1.165, 1.54) is 5.56 Å². The van der Waals surface area contributed by atoms with Crippen LogP contribution in [-0.4, -0.2) is 25.5 Å². The minimum Gasteiger partial charge on any atom is -0.337 e. The first-order chi connectivity index (χ1) is 11.5. The lowest BCUT2D eigenvalue weighted by molar-refractivity contribution is -0.118. The Hall–Kier alpha value is -2.34. The zero-order chi connectivity index (χ0) is 17.1. The van der Waals surface area contributed by atoms with Crippen molar-refractivity contribution in [2.45, 2.75) is 25.7 Å². The number of anilines is 2. The molecule has 126 valence electrons. The van der Waals surface area contributed by atoms with Crippen molar-refractivity contribution in [3.05, 3.63) is 46.2 Å². The van der Waals surface area contributed by atoms with E-state index in [0.717, 1.165) is 16.9 Å². The Bertz CT molecular complexity index is 743. The first kappa shape index (κ1) is 16.5. The van der Waals surface area contributed by atoms with Gasteiger partial charge in [-0.05, 0) is 58.5 Å². The summed E-state index contributed by atoms with van der Waals surface area (Å²) in [5.74, 6) is 0.411. The number of rotatable bonds is 4. The molecule has 0 saturated heterocycles. The molecule has 2 aromatic rings. The predicted molar refractivity (Wildman–Crippen MR) is 97.9 cm³/mol. The van der Waals surface area contributed by atoms with E-state index >= 15 is 0 Å². The Kier molecular flexibility index (Phi) is 4.85. The maximum Gasteiger partial charge on any atom is 0.319 e. The summed E-state index contributed by atoms with van der Waals surface area (Å²) in [5, 5.41) is 9.92. The van der Waals surface area contributed by atoms with Crippen molar-refractivity contribution in [3.63, 3.8) is 0 Å². The highest BCUT2D eigenvalue weighted by Crippen LogP contribution is 2.29. The number of hydrogen-bond acceptors (Lipinski definition) is 3. The van der Waals surface area contributed by atoms with E-state index in [-0.39, 0.29) is 17.9 Å². The normalized spacial score (nSPS) is 14.9. The van der Waals surface area contributed by atoms with Gasteiger partial charge in [-0.3, -0.25) is 4.79 Å². The quantitative estimate of drug-likeness (QED) is 0.891. The molecule has 1 aliphatic heterocycles. The molecule has 1 aliphatic rings. The molecule has 1 aromatic heterocycles. The highest BCUT2D eigenvalue weighted by Gasteiger charge is 2.21. The third kappa shape index (κ3) is 3.59. The minimum atomic E-state index is -0.211. The SMILES string of the molecule is C[C@@H](CNC(=O)Nc1ccc2c(c1)CCC(=O)N2C)c1ccsc1. The van der Waals surface area contributed by atoms with Gasteiger partial charge in [-0.2, -0.15) is 11.3 Å². The summed E-state index contributed by atoms with van der Waals surface area (Å²) in [4.78, 5) is 25.5. The van der Waals surface area contributed by atoms with Crippen LogP contribution in [0, 0.1) is 0 Å². The number of nitrogens with zero attached hydrogens (tertiary/aromatic N) is 1. The summed E-state index contributed by atoms with van der Waals surface area (Å²) < 4.78 is 0. The Morgan fingerprint density at radius 1 is 1.33 bits per heavy atom. The van der Waals surface area contributed by atoms with Gasteiger partial charge < -0.3 is 15.5 Å². The number of hydrogen-bond donors (Lipinski definition) is 2. The molecule has 0 fully saturated rings. The zero-order valence-electron chi connectivity index (χ0n) is 13.8. The van der Waals surface area contributed by atoms with Crippen LogP contribution in [0.15, 0.2) is 35.0 Å². The maximum absolute atomic E-state index is 12.1. The molecule has 0 spiro atoms. The lowest BCUT2D eigenvalue weighted by Gasteiger charge is -2.26. The Morgan fingerprint density at radius 2 is 2.17 bits per heavy atom. The molecule has 1 aromatic carbocycles. The van der Waals surface area contributed by atoms with E-state index in [0.29, 0.717) is 19.4 Å². The lowest BCUT2D eigenvalue weighted by Crippen LogP contribution is -2.32. The second-order valence-electron chi connectivity index (χ2n) is 6.09. The van der Waals surface area contributed by atoms with Crippen LogP contribution in [0.1, 0.15) is 30.4 Å². The molecule has 5 nitrogen and oxygen atoms in total. The van der Waals surface area contributed by atoms with Crippen LogP contribution in [0.5, 0.6) is 0 Å². The van der Waals surface area contributed by atoms with Crippen molar-refractivity contribution in [1.29, 1.82) is 0 Å². The van der Waals surface area contributed by atoms with Crippen LogP contribution in [0.3, 0.4) is 0 Å². The molecule has 3 amide bonds. The first-order valence-corrected chi connectivity index (χ1v) is 8.95. The van der Waals surface area contributed by atoms with Crippen LogP contribution < -0.4 is 15.5 Å². The highest BCUT2D eigenvalue weighted by molar-refractivity contribution is 7.07. The summed E-state index contributed by atoms with van der Waals surface area (Å²) in [6, 6.07) is 7.53. The number of carbonyl (C=O) groups is 2. The summed E-state index contributed by atoms with van der Waals surface area (Å²) in [7, 11) is 1.78. The van der Waals surface area contributed by atoms with Crippen LogP contribution in [0.4, 0.5) is 16.2 Å². The van der Waals surface area contributed by atoms with Crippen molar-refractivity contribution in [3.8, 4) is 0 Å². The highest BCUT2D eigenvalue weighted by atomic mass is 32.1. The monoisotopic (exact) mass is 343 g/mol. The second kappa shape index (κ2) is 7.05. The van der Waals surface area contributed by atoms with Gasteiger partial charge >= 0.3 is 6.03 Å². The third-order valence-electron chi connectivity index (χ3n) is 4.36. The van der Waals surface area contributed by atoms with Crippen molar-refractivity contribution >= 4 is 34.6 Å². The zero-order valence-corrected chi connectivity index (χ0v) is 14.7. The van der Waals surface area contributed by atoms with E-state index in [4.69, 9.17) is 0 Å². The molecule has 1 atom stereocenters. The van der Waals surface area contributed by atoms with Gasteiger partial charge in [0.15, 0.2) is 0 Å². The van der Waals surface area contributed by atoms with Crippen molar-refractivity contribution in [2.75, 3.05) is 23.8 Å². The van der Waals surface area contributed by atoms with Gasteiger partial charge in [0.2, 0.25) is 5.91 Å². The lowest BCUT2D eigenvalue weighted by atomic mass is 10.0. The molecule has 0 bridgehead atoms. The van der Waals surface area contributed by atoms with Gasteiger partial charge in [-0.1, -0.05) is 6.92 Å². The minimum absolute atomic E-state index is 0.128. The second-order valence-corrected chi connectivity index (χ2v) is 6.87. The molecule has 3 rings (SSSR count). The molecule has 0 saturated carbocycles. The Morgan fingerprint density at radius 3 is 2.92 bits per heavy atom. The molecular weight excluding hydrogens is 322 g/mol. The number of urea groups is 1. The number of amides is 3. The first-order valence-electron chi connectivity index (χ1n) is 8.01. The Balaban J connectivity index is 1.58. The average molecular weight is 343 g/mol.